The van der Waals surface area contributed by atoms with Crippen LogP contribution in [0.25, 0.3) is 0 Å². The first-order chi connectivity index (χ1) is 7.31. The average Bonchev–Trinajstić information content (AvgIpc) is 2.29. The van der Waals surface area contributed by atoms with Crippen LogP contribution in [0.2, 0.25) is 0 Å². The zero-order valence-electron chi connectivity index (χ0n) is 8.92. The van der Waals surface area contributed by atoms with E-state index >= 15 is 0 Å². The van der Waals surface area contributed by atoms with Gasteiger partial charge in [0.05, 0.1) is 0 Å². The van der Waals surface area contributed by atoms with Crippen LogP contribution < -0.4 is 10.6 Å². The second kappa shape index (κ2) is 4.34. The minimum Gasteiger partial charge on any atom is -0.373 e. The molecule has 0 bridgehead atoms. The molecular weight excluding hydrogens is 188 g/mol. The molecule has 1 atom stereocenters. The van der Waals surface area contributed by atoms with E-state index in [2.05, 4.69) is 16.7 Å². The lowest BCUT2D eigenvalue weighted by Gasteiger charge is -2.25. The molecule has 2 N–H and O–H groups in total. The maximum absolute atomic E-state index is 11.6. The van der Waals surface area contributed by atoms with Gasteiger partial charge in [-0.2, -0.15) is 0 Å². The molecule has 1 amide bonds. The maximum Gasteiger partial charge on any atom is 0.242 e. The Labute approximate surface area is 89.9 Å². The molecule has 0 aromatic heterocycles. The van der Waals surface area contributed by atoms with Gasteiger partial charge in [0.2, 0.25) is 5.91 Å². The Morgan fingerprint density at radius 1 is 1.53 bits per heavy atom. The second-order valence-corrected chi connectivity index (χ2v) is 3.79. The molecule has 1 aliphatic heterocycles. The summed E-state index contributed by atoms with van der Waals surface area (Å²) in [5.74, 6) is 0.104. The fourth-order valence-corrected chi connectivity index (χ4v) is 1.93. The van der Waals surface area contributed by atoms with Crippen molar-refractivity contribution in [1.82, 2.24) is 5.32 Å². The Balaban J connectivity index is 2.08. The van der Waals surface area contributed by atoms with Crippen molar-refractivity contribution in [2.24, 2.45) is 0 Å². The van der Waals surface area contributed by atoms with Gasteiger partial charge in [-0.3, -0.25) is 4.79 Å². The minimum atomic E-state index is -0.0696. The van der Waals surface area contributed by atoms with Gasteiger partial charge in [0.1, 0.15) is 6.04 Å². The molecule has 3 heteroatoms. The van der Waals surface area contributed by atoms with Gasteiger partial charge in [0, 0.05) is 12.2 Å². The topological polar surface area (TPSA) is 41.1 Å². The van der Waals surface area contributed by atoms with Gasteiger partial charge in [-0.05, 0) is 31.4 Å². The number of aryl methyl sites for hydroxylation is 1. The Kier molecular flexibility index (Phi) is 2.90. The molecule has 0 saturated heterocycles. The third kappa shape index (κ3) is 2.12. The number of rotatable bonds is 2. The van der Waals surface area contributed by atoms with E-state index in [-0.39, 0.29) is 11.9 Å². The highest BCUT2D eigenvalue weighted by molar-refractivity contribution is 5.85. The van der Waals surface area contributed by atoms with Crippen molar-refractivity contribution >= 4 is 11.6 Å². The van der Waals surface area contributed by atoms with Gasteiger partial charge in [-0.15, -0.1) is 0 Å². The van der Waals surface area contributed by atoms with Crippen molar-refractivity contribution in [2.75, 3.05) is 11.9 Å². The molecule has 1 aromatic carbocycles. The van der Waals surface area contributed by atoms with Gasteiger partial charge in [-0.1, -0.05) is 18.2 Å². The molecule has 1 aromatic rings. The lowest BCUT2D eigenvalue weighted by atomic mass is 9.98. The number of fused-ring (bicyclic) bond motifs is 1. The number of nitrogens with one attached hydrogen (secondary N) is 2. The highest BCUT2D eigenvalue weighted by atomic mass is 16.2. The quantitative estimate of drug-likeness (QED) is 0.767. The van der Waals surface area contributed by atoms with Crippen LogP contribution in [-0.2, 0) is 11.2 Å². The molecule has 3 nitrogen and oxygen atoms in total. The summed E-state index contributed by atoms with van der Waals surface area (Å²) in [5.41, 5.74) is 2.40. The molecule has 0 spiro atoms. The summed E-state index contributed by atoms with van der Waals surface area (Å²) in [5, 5.41) is 6.11. The molecule has 2 rings (SSSR count). The molecule has 0 radical (unpaired) electrons. The monoisotopic (exact) mass is 204 g/mol. The predicted octanol–water partition coefficient (Wildman–Crippen LogP) is 1.55. The summed E-state index contributed by atoms with van der Waals surface area (Å²) in [6.07, 6.45) is 1.85. The molecule has 1 heterocycles. The van der Waals surface area contributed by atoms with Crippen LogP contribution in [0.15, 0.2) is 24.3 Å². The van der Waals surface area contributed by atoms with Gasteiger partial charge in [0.15, 0.2) is 0 Å². The molecule has 1 unspecified atom stereocenters. The third-order valence-electron chi connectivity index (χ3n) is 2.72. The maximum atomic E-state index is 11.6. The standard InChI is InChI=1S/C12H16N2O/c1-2-13-12(15)11-8-7-9-5-3-4-6-10(9)14-11/h3-6,11,14H,2,7-8H2,1H3,(H,13,15). The first-order valence-corrected chi connectivity index (χ1v) is 5.43. The second-order valence-electron chi connectivity index (χ2n) is 3.79. The third-order valence-corrected chi connectivity index (χ3v) is 2.72. The summed E-state index contributed by atoms with van der Waals surface area (Å²) in [6, 6.07) is 8.09. The molecule has 0 aliphatic carbocycles. The molecule has 0 fully saturated rings. The number of benzene rings is 1. The van der Waals surface area contributed by atoms with Crippen molar-refractivity contribution in [3.8, 4) is 0 Å². The molecular formula is C12H16N2O. The highest BCUT2D eigenvalue weighted by Crippen LogP contribution is 2.24. The number of likely N-dealkylation sites (N-methyl/N-ethyl adjacent to an activating group) is 1. The fraction of sp³-hybridized carbons (Fsp3) is 0.417. The van der Waals surface area contributed by atoms with Crippen LogP contribution in [0.4, 0.5) is 5.69 Å². The van der Waals surface area contributed by atoms with E-state index < -0.39 is 0 Å². The van der Waals surface area contributed by atoms with E-state index in [1.807, 2.05) is 25.1 Å². The first kappa shape index (κ1) is 10.0. The number of para-hydroxylation sites is 1. The zero-order valence-corrected chi connectivity index (χ0v) is 8.92. The Morgan fingerprint density at radius 3 is 3.13 bits per heavy atom. The van der Waals surface area contributed by atoms with Crippen molar-refractivity contribution in [2.45, 2.75) is 25.8 Å². The van der Waals surface area contributed by atoms with E-state index in [1.54, 1.807) is 0 Å². The minimum absolute atomic E-state index is 0.0696. The van der Waals surface area contributed by atoms with Crippen molar-refractivity contribution in [3.63, 3.8) is 0 Å². The number of hydrogen-bond donors (Lipinski definition) is 2. The first-order valence-electron chi connectivity index (χ1n) is 5.43. The summed E-state index contributed by atoms with van der Waals surface area (Å²) < 4.78 is 0. The van der Waals surface area contributed by atoms with Crippen molar-refractivity contribution in [1.29, 1.82) is 0 Å². The molecule has 1 aliphatic rings. The van der Waals surface area contributed by atoms with Gasteiger partial charge in [0.25, 0.3) is 0 Å². The number of hydrogen-bond acceptors (Lipinski definition) is 2. The molecule has 15 heavy (non-hydrogen) atoms. The summed E-state index contributed by atoms with van der Waals surface area (Å²) in [7, 11) is 0. The van der Waals surface area contributed by atoms with Crippen LogP contribution in [-0.4, -0.2) is 18.5 Å². The van der Waals surface area contributed by atoms with E-state index in [4.69, 9.17) is 0 Å². The van der Waals surface area contributed by atoms with Crippen LogP contribution in [0.1, 0.15) is 18.9 Å². The molecule has 0 saturated carbocycles. The van der Waals surface area contributed by atoms with Crippen LogP contribution in [0.5, 0.6) is 0 Å². The lowest BCUT2D eigenvalue weighted by Crippen LogP contribution is -2.41. The van der Waals surface area contributed by atoms with Crippen LogP contribution in [0.3, 0.4) is 0 Å². The SMILES string of the molecule is CCNC(=O)C1CCc2ccccc2N1. The summed E-state index contributed by atoms with van der Waals surface area (Å²) in [4.78, 5) is 11.6. The van der Waals surface area contributed by atoms with Crippen LogP contribution in [0, 0.1) is 0 Å². The van der Waals surface area contributed by atoms with Gasteiger partial charge >= 0.3 is 0 Å². The van der Waals surface area contributed by atoms with Crippen LogP contribution >= 0.6 is 0 Å². The van der Waals surface area contributed by atoms with Gasteiger partial charge < -0.3 is 10.6 Å². The van der Waals surface area contributed by atoms with Crippen molar-refractivity contribution < 1.29 is 4.79 Å². The Morgan fingerprint density at radius 2 is 2.33 bits per heavy atom. The number of amides is 1. The van der Waals surface area contributed by atoms with E-state index in [1.165, 1.54) is 5.56 Å². The van der Waals surface area contributed by atoms with E-state index in [9.17, 15) is 4.79 Å². The van der Waals surface area contributed by atoms with E-state index in [0.29, 0.717) is 6.54 Å². The predicted molar refractivity (Wildman–Crippen MR) is 60.9 cm³/mol. The number of carbonyl (C=O) groups excluding carboxylic acids is 1. The molecule has 80 valence electrons. The zero-order chi connectivity index (χ0) is 10.7. The van der Waals surface area contributed by atoms with E-state index in [0.717, 1.165) is 18.5 Å². The highest BCUT2D eigenvalue weighted by Gasteiger charge is 2.22. The van der Waals surface area contributed by atoms with Gasteiger partial charge in [-0.25, -0.2) is 0 Å². The Bertz CT molecular complexity index is 362. The number of anilines is 1. The largest absolute Gasteiger partial charge is 0.373 e. The average molecular weight is 204 g/mol. The number of carbonyl (C=O) groups is 1. The lowest BCUT2D eigenvalue weighted by molar-refractivity contribution is -0.121. The normalized spacial score (nSPS) is 18.9. The smallest absolute Gasteiger partial charge is 0.242 e. The summed E-state index contributed by atoms with van der Waals surface area (Å²) >= 11 is 0. The Hall–Kier alpha value is -1.51. The summed E-state index contributed by atoms with van der Waals surface area (Å²) in [6.45, 7) is 2.63. The fourth-order valence-electron chi connectivity index (χ4n) is 1.93. The van der Waals surface area contributed by atoms with Crippen molar-refractivity contribution in [3.05, 3.63) is 29.8 Å².